The second-order valence-corrected chi connectivity index (χ2v) is 15.5. The Morgan fingerprint density at radius 1 is 1.08 bits per heavy atom. The molecule has 3 heterocycles. The third-order valence-corrected chi connectivity index (χ3v) is 10.4. The van der Waals surface area contributed by atoms with E-state index >= 15 is 4.39 Å². The van der Waals surface area contributed by atoms with E-state index in [0.29, 0.717) is 67.8 Å². The number of aromatic nitrogens is 2. The van der Waals surface area contributed by atoms with Crippen LogP contribution in [-0.2, 0) is 14.3 Å². The Morgan fingerprint density at radius 2 is 1.85 bits per heavy atom. The van der Waals surface area contributed by atoms with E-state index < -0.39 is 11.4 Å². The van der Waals surface area contributed by atoms with E-state index in [1.165, 1.54) is 0 Å². The van der Waals surface area contributed by atoms with Crippen molar-refractivity contribution in [2.45, 2.75) is 57.8 Å². The molecular weight excluding hydrogens is 685 g/mol. The number of nitriles is 1. The largest absolute Gasteiger partial charge is 0.508 e. The SMILES string of the molecule is CC(C)(C)OC(=O)COC1CC(CN2CCN(c3nc(N4CCN[C@@H](CC#N)C4)c4cc(Cl)c(-c5cc(O)cc6ccccc56)c(F)c4n3)CC2)C1. The number of esters is 1. The summed E-state index contributed by atoms with van der Waals surface area (Å²) in [4.78, 5) is 28.6. The number of nitrogens with one attached hydrogen (secondary N) is 1. The maximum atomic E-state index is 17.0. The number of carbonyl (C=O) groups excluding carboxylic acids is 1. The maximum absolute atomic E-state index is 17.0. The first-order valence-corrected chi connectivity index (χ1v) is 18.4. The van der Waals surface area contributed by atoms with Crippen molar-refractivity contribution in [3.8, 4) is 22.9 Å². The first kappa shape index (κ1) is 36.1. The van der Waals surface area contributed by atoms with Gasteiger partial charge in [-0.3, -0.25) is 4.90 Å². The molecule has 52 heavy (non-hydrogen) atoms. The van der Waals surface area contributed by atoms with Gasteiger partial charge in [0.05, 0.1) is 23.6 Å². The summed E-state index contributed by atoms with van der Waals surface area (Å²) in [7, 11) is 0. The molecule has 2 aliphatic heterocycles. The van der Waals surface area contributed by atoms with Gasteiger partial charge in [-0.25, -0.2) is 14.2 Å². The van der Waals surface area contributed by atoms with Crippen molar-refractivity contribution in [1.29, 1.82) is 5.26 Å². The summed E-state index contributed by atoms with van der Waals surface area (Å²) in [5.74, 6) is 0.646. The zero-order valence-electron chi connectivity index (χ0n) is 29.9. The van der Waals surface area contributed by atoms with Gasteiger partial charge >= 0.3 is 5.97 Å². The molecule has 2 saturated heterocycles. The summed E-state index contributed by atoms with van der Waals surface area (Å²) < 4.78 is 28.2. The molecule has 7 rings (SSSR count). The summed E-state index contributed by atoms with van der Waals surface area (Å²) in [5.41, 5.74) is 0.304. The fourth-order valence-electron chi connectivity index (χ4n) is 7.58. The van der Waals surface area contributed by atoms with Crippen LogP contribution in [0.5, 0.6) is 5.75 Å². The third kappa shape index (κ3) is 7.88. The molecule has 274 valence electrons. The van der Waals surface area contributed by atoms with Gasteiger partial charge in [-0.15, -0.1) is 0 Å². The number of nitrogens with zero attached hydrogens (tertiary/aromatic N) is 6. The van der Waals surface area contributed by atoms with Crippen LogP contribution in [0.1, 0.15) is 40.0 Å². The number of benzene rings is 3. The average Bonchev–Trinajstić information content (AvgIpc) is 3.08. The number of aromatic hydroxyl groups is 1. The van der Waals surface area contributed by atoms with Gasteiger partial charge in [-0.2, -0.15) is 10.2 Å². The number of hydrogen-bond acceptors (Lipinski definition) is 11. The van der Waals surface area contributed by atoms with Crippen molar-refractivity contribution in [3.05, 3.63) is 53.3 Å². The van der Waals surface area contributed by atoms with E-state index in [-0.39, 0.29) is 46.6 Å². The molecule has 1 atom stereocenters. The molecule has 1 aliphatic carbocycles. The van der Waals surface area contributed by atoms with Crippen LogP contribution in [0.15, 0.2) is 42.5 Å². The molecule has 2 N–H and O–H groups in total. The lowest BCUT2D eigenvalue weighted by Gasteiger charge is -2.41. The van der Waals surface area contributed by atoms with Gasteiger partial charge in [-0.1, -0.05) is 35.9 Å². The zero-order chi connectivity index (χ0) is 36.6. The van der Waals surface area contributed by atoms with E-state index in [1.807, 2.05) is 45.0 Å². The Balaban J connectivity index is 1.12. The molecule has 0 unspecified atom stereocenters. The van der Waals surface area contributed by atoms with Gasteiger partial charge in [-0.05, 0) is 74.1 Å². The van der Waals surface area contributed by atoms with Gasteiger partial charge in [0.2, 0.25) is 5.95 Å². The molecule has 0 radical (unpaired) electrons. The van der Waals surface area contributed by atoms with E-state index in [2.05, 4.69) is 26.1 Å². The number of fused-ring (bicyclic) bond motifs is 2. The average molecular weight is 730 g/mol. The molecule has 0 bridgehead atoms. The second-order valence-electron chi connectivity index (χ2n) is 15.1. The Kier molecular flexibility index (Phi) is 10.4. The summed E-state index contributed by atoms with van der Waals surface area (Å²) >= 11 is 6.92. The van der Waals surface area contributed by atoms with Crippen LogP contribution < -0.4 is 15.1 Å². The Hall–Kier alpha value is -4.28. The van der Waals surface area contributed by atoms with Crippen LogP contribution in [0.2, 0.25) is 5.02 Å². The number of anilines is 2. The number of phenols is 1. The molecule has 0 spiro atoms. The van der Waals surface area contributed by atoms with E-state index in [0.717, 1.165) is 43.2 Å². The van der Waals surface area contributed by atoms with Crippen molar-refractivity contribution < 1.29 is 23.8 Å². The van der Waals surface area contributed by atoms with E-state index in [9.17, 15) is 15.2 Å². The van der Waals surface area contributed by atoms with Crippen molar-refractivity contribution in [2.24, 2.45) is 5.92 Å². The number of ether oxygens (including phenoxy) is 2. The third-order valence-electron chi connectivity index (χ3n) is 10.1. The molecule has 13 heteroatoms. The van der Waals surface area contributed by atoms with Gasteiger partial charge in [0, 0.05) is 69.3 Å². The van der Waals surface area contributed by atoms with Gasteiger partial charge in [0.15, 0.2) is 5.82 Å². The predicted molar refractivity (Wildman–Crippen MR) is 200 cm³/mol. The molecule has 3 aromatic carbocycles. The van der Waals surface area contributed by atoms with Gasteiger partial charge in [0.1, 0.15) is 29.3 Å². The Morgan fingerprint density at radius 3 is 2.60 bits per heavy atom. The summed E-state index contributed by atoms with van der Waals surface area (Å²) in [6, 6.07) is 14.6. The molecule has 3 aliphatic rings. The number of hydrogen-bond donors (Lipinski definition) is 2. The van der Waals surface area contributed by atoms with Crippen LogP contribution in [0.25, 0.3) is 32.8 Å². The lowest BCUT2D eigenvalue weighted by molar-refractivity contribution is -0.165. The number of phenolic OH excluding ortho intramolecular Hbond substituents is 1. The minimum Gasteiger partial charge on any atom is -0.508 e. The van der Waals surface area contributed by atoms with Gasteiger partial charge in [0.25, 0.3) is 0 Å². The van der Waals surface area contributed by atoms with Crippen LogP contribution in [-0.4, -0.2) is 103 Å². The highest BCUT2D eigenvalue weighted by Crippen LogP contribution is 2.42. The highest BCUT2D eigenvalue weighted by molar-refractivity contribution is 6.35. The minimum absolute atomic E-state index is 0.0151. The van der Waals surface area contributed by atoms with E-state index in [4.69, 9.17) is 31.0 Å². The van der Waals surface area contributed by atoms with Crippen molar-refractivity contribution >= 4 is 51.0 Å². The quantitative estimate of drug-likeness (QED) is 0.200. The molecule has 1 aromatic heterocycles. The molecule has 3 fully saturated rings. The monoisotopic (exact) mass is 729 g/mol. The summed E-state index contributed by atoms with van der Waals surface area (Å²) in [5, 5.41) is 25.6. The highest BCUT2D eigenvalue weighted by Gasteiger charge is 2.34. The molecule has 1 saturated carbocycles. The maximum Gasteiger partial charge on any atom is 0.332 e. The lowest BCUT2D eigenvalue weighted by Crippen LogP contribution is -2.51. The van der Waals surface area contributed by atoms with Crippen molar-refractivity contribution in [3.63, 3.8) is 0 Å². The molecule has 4 aromatic rings. The zero-order valence-corrected chi connectivity index (χ0v) is 30.6. The highest BCUT2D eigenvalue weighted by atomic mass is 35.5. The summed E-state index contributed by atoms with van der Waals surface area (Å²) in [6.07, 6.45) is 2.25. The molecule has 11 nitrogen and oxygen atoms in total. The standard InChI is InChI=1S/C39H45ClFN7O4/c1-39(2,3)52-33(50)23-51-28-16-24(17-28)21-46-12-14-47(15-13-46)38-44-36-31(37(45-38)48-11-10-43-26(22-48)8-9-42)20-32(40)34(35(36)41)30-19-27(49)18-25-6-4-5-7-29(25)30/h4-7,18-20,24,26,28,43,49H,8,10-17,21-23H2,1-3H3/t24?,26-,28?/m0/s1. The fraction of sp³-hybridized carbons (Fsp3) is 0.487. The second kappa shape index (κ2) is 15.0. The smallest absolute Gasteiger partial charge is 0.332 e. The van der Waals surface area contributed by atoms with Crippen LogP contribution in [0.4, 0.5) is 16.2 Å². The Labute approximate surface area is 308 Å². The Bertz CT molecular complexity index is 2000. The normalized spacial score (nSPS) is 21.3. The van der Waals surface area contributed by atoms with Crippen LogP contribution in [0, 0.1) is 23.1 Å². The van der Waals surface area contributed by atoms with Crippen LogP contribution in [0.3, 0.4) is 0 Å². The number of piperazine rings is 2. The summed E-state index contributed by atoms with van der Waals surface area (Å²) in [6.45, 7) is 11.2. The lowest BCUT2D eigenvalue weighted by atomic mass is 9.82. The van der Waals surface area contributed by atoms with Crippen molar-refractivity contribution in [1.82, 2.24) is 20.2 Å². The van der Waals surface area contributed by atoms with Crippen molar-refractivity contribution in [2.75, 3.05) is 68.8 Å². The van der Waals surface area contributed by atoms with Gasteiger partial charge < -0.3 is 29.7 Å². The van der Waals surface area contributed by atoms with Crippen LogP contribution >= 0.6 is 11.6 Å². The number of halogens is 2. The number of rotatable bonds is 9. The fourth-order valence-corrected chi connectivity index (χ4v) is 7.87. The van der Waals surface area contributed by atoms with E-state index in [1.54, 1.807) is 18.2 Å². The predicted octanol–water partition coefficient (Wildman–Crippen LogP) is 5.90. The minimum atomic E-state index is -0.570. The first-order chi connectivity index (χ1) is 25.0. The first-order valence-electron chi connectivity index (χ1n) is 18.0. The molecule has 0 amide bonds. The topological polar surface area (TPSA) is 127 Å². The molecular formula is C39H45ClFN7O4. The number of carbonyl (C=O) groups is 1.